The molecule has 100 valence electrons. The first-order valence-corrected chi connectivity index (χ1v) is 6.50. The van der Waals surface area contributed by atoms with E-state index >= 15 is 0 Å². The molecule has 8 nitrogen and oxygen atoms in total. The number of aromatic nitrogens is 2. The van der Waals surface area contributed by atoms with Gasteiger partial charge in [-0.05, 0) is 12.8 Å². The fourth-order valence-corrected chi connectivity index (χ4v) is 2.12. The molecule has 9 heteroatoms. The maximum Gasteiger partial charge on any atom is 0.330 e. The molecule has 0 unspecified atom stereocenters. The van der Waals surface area contributed by atoms with Gasteiger partial charge < -0.3 is 19.0 Å². The largest absolute Gasteiger partial charge is 0.352 e. The van der Waals surface area contributed by atoms with E-state index in [0.717, 1.165) is 0 Å². The van der Waals surface area contributed by atoms with Crippen molar-refractivity contribution in [3.8, 4) is 0 Å². The highest BCUT2D eigenvalue weighted by molar-refractivity contribution is 7.39. The second-order valence-electron chi connectivity index (χ2n) is 3.86. The van der Waals surface area contributed by atoms with Crippen molar-refractivity contribution in [2.75, 3.05) is 6.61 Å². The molecule has 0 amide bonds. The van der Waals surface area contributed by atoms with E-state index in [2.05, 4.69) is 9.51 Å². The van der Waals surface area contributed by atoms with E-state index in [4.69, 9.17) is 14.5 Å². The molecular weight excluding hydrogens is 263 g/mol. The summed E-state index contributed by atoms with van der Waals surface area (Å²) in [5, 5.41) is 0. The molecule has 3 N–H and O–H groups in total. The van der Waals surface area contributed by atoms with Crippen LogP contribution in [0.4, 0.5) is 0 Å². The van der Waals surface area contributed by atoms with Crippen molar-refractivity contribution in [2.24, 2.45) is 0 Å². The van der Waals surface area contributed by atoms with Crippen LogP contribution < -0.4 is 11.2 Å². The SMILES string of the molecule is O=c1ccn([C@H]2CC[C@@H](COP(O)O)O2)c(=O)[nH]1. The van der Waals surface area contributed by atoms with Crippen LogP contribution in [-0.4, -0.2) is 32.0 Å². The van der Waals surface area contributed by atoms with Crippen LogP contribution in [-0.2, 0) is 9.26 Å². The molecule has 0 radical (unpaired) electrons. The normalized spacial score (nSPS) is 23.7. The molecule has 0 aromatic carbocycles. The van der Waals surface area contributed by atoms with Gasteiger partial charge >= 0.3 is 14.3 Å². The van der Waals surface area contributed by atoms with Crippen LogP contribution in [0.1, 0.15) is 19.1 Å². The molecule has 1 aromatic rings. The molecular formula is C9H13N2O6P. The predicted octanol–water partition coefficient (Wildman–Crippen LogP) is -0.558. The number of nitrogens with zero attached hydrogens (tertiary/aromatic N) is 1. The molecule has 1 aliphatic rings. The van der Waals surface area contributed by atoms with Gasteiger partial charge in [0.1, 0.15) is 6.23 Å². The maximum absolute atomic E-state index is 11.5. The van der Waals surface area contributed by atoms with Gasteiger partial charge in [-0.25, -0.2) is 4.79 Å². The number of hydrogen-bond acceptors (Lipinski definition) is 6. The summed E-state index contributed by atoms with van der Waals surface area (Å²) < 4.78 is 11.5. The Kier molecular flexibility index (Phi) is 4.26. The first-order chi connectivity index (χ1) is 8.56. The molecule has 0 aliphatic carbocycles. The maximum atomic E-state index is 11.5. The zero-order chi connectivity index (χ0) is 13.1. The van der Waals surface area contributed by atoms with Crippen LogP contribution in [0.3, 0.4) is 0 Å². The van der Waals surface area contributed by atoms with Crippen molar-refractivity contribution in [1.29, 1.82) is 0 Å². The summed E-state index contributed by atoms with van der Waals surface area (Å²) in [4.78, 5) is 41.8. The minimum absolute atomic E-state index is 0.0628. The van der Waals surface area contributed by atoms with Crippen LogP contribution >= 0.6 is 8.60 Å². The van der Waals surface area contributed by atoms with Crippen molar-refractivity contribution >= 4 is 8.60 Å². The minimum Gasteiger partial charge on any atom is -0.352 e. The van der Waals surface area contributed by atoms with Crippen LogP contribution in [0.15, 0.2) is 21.9 Å². The summed E-state index contributed by atoms with van der Waals surface area (Å²) in [6.07, 6.45) is 1.85. The summed E-state index contributed by atoms with van der Waals surface area (Å²) in [5.41, 5.74) is -0.985. The average molecular weight is 276 g/mol. The fourth-order valence-electron chi connectivity index (χ4n) is 1.82. The summed E-state index contributed by atoms with van der Waals surface area (Å²) in [7, 11) is -2.39. The topological polar surface area (TPSA) is 114 Å². The Morgan fingerprint density at radius 2 is 2.28 bits per heavy atom. The summed E-state index contributed by atoms with van der Waals surface area (Å²) in [6.45, 7) is 0.0628. The Morgan fingerprint density at radius 3 is 2.94 bits per heavy atom. The highest BCUT2D eigenvalue weighted by Crippen LogP contribution is 2.31. The lowest BCUT2D eigenvalue weighted by Gasteiger charge is -2.15. The van der Waals surface area contributed by atoms with Crippen molar-refractivity contribution in [1.82, 2.24) is 9.55 Å². The molecule has 0 bridgehead atoms. The summed E-state index contributed by atoms with van der Waals surface area (Å²) in [6, 6.07) is 1.25. The van der Waals surface area contributed by atoms with Crippen molar-refractivity contribution < 1.29 is 19.0 Å². The highest BCUT2D eigenvalue weighted by atomic mass is 31.2. The Balaban J connectivity index is 2.00. The lowest BCUT2D eigenvalue weighted by atomic mass is 10.2. The van der Waals surface area contributed by atoms with Gasteiger partial charge in [0.15, 0.2) is 0 Å². The van der Waals surface area contributed by atoms with Crippen molar-refractivity contribution in [2.45, 2.75) is 25.2 Å². The molecule has 2 atom stereocenters. The lowest BCUT2D eigenvalue weighted by molar-refractivity contribution is -0.0216. The minimum atomic E-state index is -2.39. The van der Waals surface area contributed by atoms with E-state index < -0.39 is 26.1 Å². The number of ether oxygens (including phenoxy) is 1. The van der Waals surface area contributed by atoms with Gasteiger partial charge in [0.2, 0.25) is 0 Å². The van der Waals surface area contributed by atoms with Gasteiger partial charge in [0, 0.05) is 12.3 Å². The first kappa shape index (κ1) is 13.4. The molecule has 0 spiro atoms. The third-order valence-corrected chi connectivity index (χ3v) is 3.00. The number of H-pyrrole nitrogens is 1. The van der Waals surface area contributed by atoms with E-state index in [1.165, 1.54) is 16.8 Å². The zero-order valence-electron chi connectivity index (χ0n) is 9.35. The number of aromatic amines is 1. The van der Waals surface area contributed by atoms with Gasteiger partial charge in [-0.1, -0.05) is 0 Å². The van der Waals surface area contributed by atoms with Gasteiger partial charge in [-0.3, -0.25) is 14.3 Å². The third kappa shape index (κ3) is 3.24. The molecule has 2 rings (SSSR count). The first-order valence-electron chi connectivity index (χ1n) is 5.34. The molecule has 2 heterocycles. The third-order valence-electron chi connectivity index (χ3n) is 2.62. The van der Waals surface area contributed by atoms with Gasteiger partial charge in [-0.2, -0.15) is 0 Å². The average Bonchev–Trinajstić information content (AvgIpc) is 2.75. The van der Waals surface area contributed by atoms with Crippen molar-refractivity contribution in [3.05, 3.63) is 33.1 Å². The van der Waals surface area contributed by atoms with Gasteiger partial charge in [-0.15, -0.1) is 0 Å². The summed E-state index contributed by atoms with van der Waals surface area (Å²) >= 11 is 0. The second-order valence-corrected chi connectivity index (χ2v) is 4.62. The number of hydrogen-bond donors (Lipinski definition) is 3. The fraction of sp³-hybridized carbons (Fsp3) is 0.556. The van der Waals surface area contributed by atoms with E-state index in [0.29, 0.717) is 12.8 Å². The van der Waals surface area contributed by atoms with Gasteiger partial charge in [0.25, 0.3) is 5.56 Å². The molecule has 18 heavy (non-hydrogen) atoms. The van der Waals surface area contributed by atoms with E-state index in [9.17, 15) is 9.59 Å². The quantitative estimate of drug-likeness (QED) is 0.635. The number of rotatable bonds is 4. The van der Waals surface area contributed by atoms with Crippen LogP contribution in [0, 0.1) is 0 Å². The van der Waals surface area contributed by atoms with E-state index in [-0.39, 0.29) is 12.7 Å². The standard InChI is InChI=1S/C9H13N2O6P/c12-7-3-4-11(9(13)10-7)8-2-1-6(17-8)5-16-18(14)15/h3-4,6,8,14-15H,1-2,5H2,(H,10,12,13)/t6-,8+/m0/s1. The molecule has 1 aliphatic heterocycles. The van der Waals surface area contributed by atoms with E-state index in [1.54, 1.807) is 0 Å². The Labute approximate surface area is 103 Å². The van der Waals surface area contributed by atoms with E-state index in [1.807, 2.05) is 0 Å². The van der Waals surface area contributed by atoms with Crippen LogP contribution in [0.2, 0.25) is 0 Å². The smallest absolute Gasteiger partial charge is 0.330 e. The van der Waals surface area contributed by atoms with Crippen LogP contribution in [0.25, 0.3) is 0 Å². The lowest BCUT2D eigenvalue weighted by Crippen LogP contribution is -2.31. The van der Waals surface area contributed by atoms with Crippen molar-refractivity contribution in [3.63, 3.8) is 0 Å². The Hall–Kier alpha value is -1.05. The molecule has 0 saturated carbocycles. The van der Waals surface area contributed by atoms with Crippen LogP contribution in [0.5, 0.6) is 0 Å². The zero-order valence-corrected chi connectivity index (χ0v) is 10.2. The second kappa shape index (κ2) is 5.73. The molecule has 1 fully saturated rings. The molecule has 1 saturated heterocycles. The Morgan fingerprint density at radius 1 is 1.50 bits per heavy atom. The highest BCUT2D eigenvalue weighted by Gasteiger charge is 2.27. The molecule has 1 aromatic heterocycles. The summed E-state index contributed by atoms with van der Waals surface area (Å²) in [5.74, 6) is 0. The predicted molar refractivity (Wildman–Crippen MR) is 61.8 cm³/mol. The monoisotopic (exact) mass is 276 g/mol. The Bertz CT molecular complexity index is 512. The number of nitrogens with one attached hydrogen (secondary N) is 1. The van der Waals surface area contributed by atoms with Gasteiger partial charge in [0.05, 0.1) is 12.7 Å².